The Morgan fingerprint density at radius 2 is 2.18 bits per heavy atom. The van der Waals surface area contributed by atoms with Crippen LogP contribution in [0.1, 0.15) is 39.4 Å². The van der Waals surface area contributed by atoms with E-state index in [2.05, 4.69) is 36.2 Å². The molecule has 17 heavy (non-hydrogen) atoms. The second kappa shape index (κ2) is 7.06. The van der Waals surface area contributed by atoms with Gasteiger partial charge < -0.3 is 10.2 Å². The number of rotatable bonds is 7. The highest BCUT2D eigenvalue weighted by molar-refractivity contribution is 5.36. The van der Waals surface area contributed by atoms with E-state index in [0.717, 1.165) is 25.1 Å². The molecular weight excluding hydrogens is 216 g/mol. The third kappa shape index (κ3) is 4.99. The van der Waals surface area contributed by atoms with Gasteiger partial charge in [-0.3, -0.25) is 0 Å². The SMILES string of the molecule is CCCc1nc(NN)cc(OCCC(C)C)n1. The maximum Gasteiger partial charge on any atom is 0.218 e. The Kier molecular flexibility index (Phi) is 5.69. The highest BCUT2D eigenvalue weighted by Gasteiger charge is 2.05. The summed E-state index contributed by atoms with van der Waals surface area (Å²) in [6.07, 6.45) is 2.84. The first-order chi connectivity index (χ1) is 8.15. The fourth-order valence-electron chi connectivity index (χ4n) is 1.36. The van der Waals surface area contributed by atoms with E-state index in [4.69, 9.17) is 10.6 Å². The van der Waals surface area contributed by atoms with E-state index in [9.17, 15) is 0 Å². The Hall–Kier alpha value is -1.36. The van der Waals surface area contributed by atoms with Gasteiger partial charge in [-0.1, -0.05) is 20.8 Å². The van der Waals surface area contributed by atoms with Gasteiger partial charge in [0.1, 0.15) is 11.6 Å². The van der Waals surface area contributed by atoms with Crippen molar-refractivity contribution in [1.82, 2.24) is 9.97 Å². The molecule has 0 aromatic carbocycles. The Labute approximate surface area is 103 Å². The number of nitrogen functional groups attached to an aromatic ring is 1. The molecule has 0 saturated carbocycles. The summed E-state index contributed by atoms with van der Waals surface area (Å²) >= 11 is 0. The summed E-state index contributed by atoms with van der Waals surface area (Å²) in [4.78, 5) is 8.60. The molecule has 0 atom stereocenters. The minimum absolute atomic E-state index is 0.594. The molecule has 5 heteroatoms. The van der Waals surface area contributed by atoms with Crippen LogP contribution in [0.5, 0.6) is 5.88 Å². The molecule has 3 N–H and O–H groups in total. The number of aromatic nitrogens is 2. The maximum atomic E-state index is 5.60. The van der Waals surface area contributed by atoms with E-state index in [0.29, 0.717) is 24.2 Å². The van der Waals surface area contributed by atoms with Crippen molar-refractivity contribution < 1.29 is 4.74 Å². The van der Waals surface area contributed by atoms with Crippen LogP contribution in [0, 0.1) is 5.92 Å². The van der Waals surface area contributed by atoms with Crippen LogP contribution in [0.4, 0.5) is 5.82 Å². The highest BCUT2D eigenvalue weighted by Crippen LogP contribution is 2.14. The van der Waals surface area contributed by atoms with E-state index in [1.54, 1.807) is 6.07 Å². The monoisotopic (exact) mass is 238 g/mol. The van der Waals surface area contributed by atoms with Crippen LogP contribution in [0.15, 0.2) is 6.07 Å². The molecule has 0 unspecified atom stereocenters. The Bertz CT molecular complexity index is 341. The van der Waals surface area contributed by atoms with Crippen LogP contribution in [-0.4, -0.2) is 16.6 Å². The lowest BCUT2D eigenvalue weighted by Gasteiger charge is -2.09. The third-order valence-electron chi connectivity index (χ3n) is 2.32. The zero-order chi connectivity index (χ0) is 12.7. The van der Waals surface area contributed by atoms with Crippen LogP contribution in [-0.2, 0) is 6.42 Å². The van der Waals surface area contributed by atoms with Gasteiger partial charge in [0.15, 0.2) is 0 Å². The van der Waals surface area contributed by atoms with E-state index >= 15 is 0 Å². The molecule has 0 fully saturated rings. The predicted octanol–water partition coefficient (Wildman–Crippen LogP) is 2.14. The first-order valence-corrected chi connectivity index (χ1v) is 6.13. The number of ether oxygens (including phenoxy) is 1. The molecule has 5 nitrogen and oxygen atoms in total. The summed E-state index contributed by atoms with van der Waals surface area (Å²) in [5.41, 5.74) is 2.53. The average Bonchev–Trinajstić information content (AvgIpc) is 2.28. The van der Waals surface area contributed by atoms with Gasteiger partial charge in [-0.05, 0) is 18.8 Å². The van der Waals surface area contributed by atoms with Crippen molar-refractivity contribution in [2.75, 3.05) is 12.0 Å². The molecule has 0 spiro atoms. The first-order valence-electron chi connectivity index (χ1n) is 6.13. The largest absolute Gasteiger partial charge is 0.478 e. The number of aryl methyl sites for hydroxylation is 1. The molecule has 0 radical (unpaired) electrons. The van der Waals surface area contributed by atoms with Gasteiger partial charge in [-0.15, -0.1) is 0 Å². The van der Waals surface area contributed by atoms with Gasteiger partial charge in [0.05, 0.1) is 6.61 Å². The summed E-state index contributed by atoms with van der Waals surface area (Å²) in [5.74, 6) is 7.95. The van der Waals surface area contributed by atoms with E-state index in [-0.39, 0.29) is 0 Å². The molecule has 0 saturated heterocycles. The Morgan fingerprint density at radius 3 is 2.76 bits per heavy atom. The van der Waals surface area contributed by atoms with Crippen LogP contribution in [0.2, 0.25) is 0 Å². The summed E-state index contributed by atoms with van der Waals surface area (Å²) in [6, 6.07) is 1.72. The van der Waals surface area contributed by atoms with Crippen molar-refractivity contribution in [2.24, 2.45) is 11.8 Å². The number of nitrogens with one attached hydrogen (secondary N) is 1. The lowest BCUT2D eigenvalue weighted by Crippen LogP contribution is -2.12. The molecule has 96 valence electrons. The summed E-state index contributed by atoms with van der Waals surface area (Å²) in [7, 11) is 0. The quantitative estimate of drug-likeness (QED) is 0.562. The van der Waals surface area contributed by atoms with E-state index < -0.39 is 0 Å². The smallest absolute Gasteiger partial charge is 0.218 e. The van der Waals surface area contributed by atoms with Crippen molar-refractivity contribution in [3.05, 3.63) is 11.9 Å². The molecule has 1 heterocycles. The van der Waals surface area contributed by atoms with E-state index in [1.807, 2.05) is 0 Å². The van der Waals surface area contributed by atoms with E-state index in [1.165, 1.54) is 0 Å². The molecule has 0 bridgehead atoms. The van der Waals surface area contributed by atoms with Gasteiger partial charge in [-0.2, -0.15) is 4.98 Å². The molecule has 0 aliphatic heterocycles. The molecule has 1 aromatic heterocycles. The standard InChI is InChI=1S/C12H22N4O/c1-4-5-10-14-11(16-13)8-12(15-10)17-7-6-9(2)3/h8-9H,4-7,13H2,1-3H3,(H,14,15,16). The predicted molar refractivity (Wildman–Crippen MR) is 68.8 cm³/mol. The lowest BCUT2D eigenvalue weighted by atomic mass is 10.1. The number of hydrogen-bond donors (Lipinski definition) is 2. The number of anilines is 1. The molecule has 0 amide bonds. The second-order valence-electron chi connectivity index (χ2n) is 4.43. The fourth-order valence-corrected chi connectivity index (χ4v) is 1.36. The van der Waals surface area contributed by atoms with Crippen molar-refractivity contribution in [3.63, 3.8) is 0 Å². The zero-order valence-electron chi connectivity index (χ0n) is 10.9. The zero-order valence-corrected chi connectivity index (χ0v) is 10.9. The van der Waals surface area contributed by atoms with Gasteiger partial charge in [0, 0.05) is 12.5 Å². The number of hydrogen-bond acceptors (Lipinski definition) is 5. The molecule has 0 aliphatic carbocycles. The topological polar surface area (TPSA) is 73.1 Å². The summed E-state index contributed by atoms with van der Waals surface area (Å²) in [5, 5.41) is 0. The van der Waals surface area contributed by atoms with Gasteiger partial charge in [-0.25, -0.2) is 10.8 Å². The number of nitrogens with two attached hydrogens (primary N) is 1. The van der Waals surface area contributed by atoms with Crippen LogP contribution >= 0.6 is 0 Å². The van der Waals surface area contributed by atoms with Crippen LogP contribution in [0.3, 0.4) is 0 Å². The van der Waals surface area contributed by atoms with Crippen molar-refractivity contribution in [1.29, 1.82) is 0 Å². The minimum Gasteiger partial charge on any atom is -0.478 e. The van der Waals surface area contributed by atoms with Gasteiger partial charge in [0.2, 0.25) is 5.88 Å². The summed E-state index contributed by atoms with van der Waals surface area (Å²) in [6.45, 7) is 7.09. The van der Waals surface area contributed by atoms with Crippen molar-refractivity contribution >= 4 is 5.82 Å². The normalized spacial score (nSPS) is 10.6. The number of hydrazine groups is 1. The number of nitrogens with zero attached hydrogens (tertiary/aromatic N) is 2. The third-order valence-corrected chi connectivity index (χ3v) is 2.32. The van der Waals surface area contributed by atoms with Crippen molar-refractivity contribution in [2.45, 2.75) is 40.0 Å². The Morgan fingerprint density at radius 1 is 1.41 bits per heavy atom. The van der Waals surface area contributed by atoms with Crippen LogP contribution < -0.4 is 16.0 Å². The maximum absolute atomic E-state index is 5.60. The molecule has 1 aromatic rings. The highest BCUT2D eigenvalue weighted by atomic mass is 16.5. The molecular formula is C12H22N4O. The second-order valence-corrected chi connectivity index (χ2v) is 4.43. The summed E-state index contributed by atoms with van der Waals surface area (Å²) < 4.78 is 5.60. The molecule has 1 rings (SSSR count). The Balaban J connectivity index is 2.66. The van der Waals surface area contributed by atoms with Gasteiger partial charge in [0.25, 0.3) is 0 Å². The van der Waals surface area contributed by atoms with Crippen LogP contribution in [0.25, 0.3) is 0 Å². The fraction of sp³-hybridized carbons (Fsp3) is 0.667. The first kappa shape index (κ1) is 13.7. The minimum atomic E-state index is 0.594. The lowest BCUT2D eigenvalue weighted by molar-refractivity contribution is 0.278. The van der Waals surface area contributed by atoms with Crippen molar-refractivity contribution in [3.8, 4) is 5.88 Å². The molecule has 0 aliphatic rings. The van der Waals surface area contributed by atoms with Gasteiger partial charge >= 0.3 is 0 Å². The average molecular weight is 238 g/mol.